The number of aromatic nitrogens is 3. The zero-order chi connectivity index (χ0) is 17.1. The first-order chi connectivity index (χ1) is 11.5. The summed E-state index contributed by atoms with van der Waals surface area (Å²) < 4.78 is 1.35. The molecule has 9 nitrogen and oxygen atoms in total. The van der Waals surface area contributed by atoms with Crippen LogP contribution >= 0.6 is 12.4 Å². The predicted octanol–water partition coefficient (Wildman–Crippen LogP) is 1.47. The first kappa shape index (κ1) is 18.8. The maximum atomic E-state index is 12.3. The van der Waals surface area contributed by atoms with Crippen LogP contribution in [0.4, 0.5) is 5.69 Å². The van der Waals surface area contributed by atoms with Crippen LogP contribution in [0.15, 0.2) is 30.5 Å². The highest BCUT2D eigenvalue weighted by Crippen LogP contribution is 2.16. The summed E-state index contributed by atoms with van der Waals surface area (Å²) in [7, 11) is 0. The number of nitrogens with one attached hydrogen (secondary N) is 2. The molecule has 0 bridgehead atoms. The summed E-state index contributed by atoms with van der Waals surface area (Å²) in [4.78, 5) is 22.6. The van der Waals surface area contributed by atoms with Crippen molar-refractivity contribution in [2.45, 2.75) is 31.8 Å². The molecule has 1 aliphatic heterocycles. The van der Waals surface area contributed by atoms with Gasteiger partial charge in [-0.05, 0) is 32.4 Å². The fourth-order valence-electron chi connectivity index (χ4n) is 2.77. The lowest BCUT2D eigenvalue weighted by Crippen LogP contribution is -2.46. The molecule has 0 spiro atoms. The fraction of sp³-hybridized carbons (Fsp3) is 0.400. The Morgan fingerprint density at radius 2 is 2.28 bits per heavy atom. The number of nitro benzene ring substituents is 1. The van der Waals surface area contributed by atoms with Crippen LogP contribution < -0.4 is 10.6 Å². The van der Waals surface area contributed by atoms with E-state index in [1.54, 1.807) is 12.1 Å². The number of amides is 1. The average Bonchev–Trinajstić information content (AvgIpc) is 3.05. The van der Waals surface area contributed by atoms with Gasteiger partial charge in [-0.2, -0.15) is 0 Å². The predicted molar refractivity (Wildman–Crippen MR) is 93.2 cm³/mol. The molecule has 0 aliphatic carbocycles. The monoisotopic (exact) mass is 366 g/mol. The average molecular weight is 367 g/mol. The van der Waals surface area contributed by atoms with Gasteiger partial charge in [0.05, 0.1) is 16.8 Å². The first-order valence-electron chi connectivity index (χ1n) is 7.74. The lowest BCUT2D eigenvalue weighted by Gasteiger charge is -2.28. The van der Waals surface area contributed by atoms with Gasteiger partial charge in [-0.3, -0.25) is 14.9 Å². The molecule has 1 amide bonds. The number of carbonyl (C=O) groups excluding carboxylic acids is 1. The van der Waals surface area contributed by atoms with E-state index in [2.05, 4.69) is 27.9 Å². The number of hydrogen-bond acceptors (Lipinski definition) is 6. The number of nitro groups is 1. The molecule has 2 aromatic rings. The van der Waals surface area contributed by atoms with Gasteiger partial charge in [-0.15, -0.1) is 17.5 Å². The highest BCUT2D eigenvalue weighted by molar-refractivity contribution is 5.92. The second kappa shape index (κ2) is 8.04. The van der Waals surface area contributed by atoms with Crippen molar-refractivity contribution in [1.29, 1.82) is 0 Å². The number of piperidine rings is 1. The Labute approximate surface area is 150 Å². The Morgan fingerprint density at radius 3 is 3.00 bits per heavy atom. The quantitative estimate of drug-likeness (QED) is 0.625. The number of nitrogens with zero attached hydrogens (tertiary/aromatic N) is 4. The summed E-state index contributed by atoms with van der Waals surface area (Å²) in [6.07, 6.45) is 3.21. The van der Waals surface area contributed by atoms with Crippen LogP contribution in [0.1, 0.15) is 30.3 Å². The van der Waals surface area contributed by atoms with E-state index in [9.17, 15) is 14.9 Å². The number of non-ortho nitro benzene ring substituents is 1. The molecule has 3 rings (SSSR count). The van der Waals surface area contributed by atoms with Crippen molar-refractivity contribution in [1.82, 2.24) is 25.6 Å². The highest BCUT2D eigenvalue weighted by Gasteiger charge is 2.22. The van der Waals surface area contributed by atoms with Gasteiger partial charge < -0.3 is 10.6 Å². The second-order valence-electron chi connectivity index (χ2n) is 5.88. The van der Waals surface area contributed by atoms with Crippen molar-refractivity contribution in [3.63, 3.8) is 0 Å². The van der Waals surface area contributed by atoms with E-state index in [0.29, 0.717) is 11.7 Å². The van der Waals surface area contributed by atoms with Crippen molar-refractivity contribution < 1.29 is 9.72 Å². The maximum Gasteiger partial charge on any atom is 0.273 e. The highest BCUT2D eigenvalue weighted by atomic mass is 35.5. The van der Waals surface area contributed by atoms with E-state index in [1.165, 1.54) is 23.0 Å². The molecule has 10 heteroatoms. The molecule has 0 saturated carbocycles. The van der Waals surface area contributed by atoms with Crippen molar-refractivity contribution in [3.05, 3.63) is 46.3 Å². The van der Waals surface area contributed by atoms with Crippen LogP contribution in [0.25, 0.3) is 5.69 Å². The number of rotatable bonds is 4. The lowest BCUT2D eigenvalue weighted by molar-refractivity contribution is -0.384. The van der Waals surface area contributed by atoms with Crippen molar-refractivity contribution in [2.75, 3.05) is 6.54 Å². The van der Waals surface area contributed by atoms with Gasteiger partial charge in [-0.25, -0.2) is 4.68 Å². The summed E-state index contributed by atoms with van der Waals surface area (Å²) >= 11 is 0. The van der Waals surface area contributed by atoms with E-state index in [-0.39, 0.29) is 35.7 Å². The molecule has 0 radical (unpaired) electrons. The SMILES string of the molecule is CC1CC(NC(=O)c2cn(-c3cccc([N+](=O)[O-])c3)nn2)CCN1.Cl. The molecule has 2 N–H and O–H groups in total. The third-order valence-corrected chi connectivity index (χ3v) is 3.99. The zero-order valence-electron chi connectivity index (χ0n) is 13.6. The standard InChI is InChI=1S/C15H18N6O3.ClH/c1-10-7-11(5-6-16-10)17-15(22)14-9-20(19-18-14)12-3-2-4-13(8-12)21(23)24;/h2-4,8-11,16H,5-7H2,1H3,(H,17,22);1H. The van der Waals surface area contributed by atoms with Gasteiger partial charge in [0, 0.05) is 24.2 Å². The summed E-state index contributed by atoms with van der Waals surface area (Å²) in [5.41, 5.74) is 0.622. The van der Waals surface area contributed by atoms with Crippen molar-refractivity contribution in [2.24, 2.45) is 0 Å². The number of carbonyl (C=O) groups is 1. The Bertz CT molecular complexity index is 765. The van der Waals surface area contributed by atoms with E-state index in [4.69, 9.17) is 0 Å². The lowest BCUT2D eigenvalue weighted by atomic mass is 10.0. The van der Waals surface area contributed by atoms with Crippen LogP contribution in [-0.4, -0.2) is 44.5 Å². The molecule has 1 aliphatic rings. The minimum Gasteiger partial charge on any atom is -0.348 e. The van der Waals surface area contributed by atoms with Crippen LogP contribution in [0.3, 0.4) is 0 Å². The molecule has 1 aromatic heterocycles. The molecule has 1 saturated heterocycles. The van der Waals surface area contributed by atoms with Gasteiger partial charge in [0.1, 0.15) is 0 Å². The summed E-state index contributed by atoms with van der Waals surface area (Å²) in [5, 5.41) is 24.9. The first-order valence-corrected chi connectivity index (χ1v) is 7.74. The molecule has 25 heavy (non-hydrogen) atoms. The minimum atomic E-state index is -0.480. The van der Waals surface area contributed by atoms with Gasteiger partial charge in [0.15, 0.2) is 5.69 Å². The molecule has 2 atom stereocenters. The summed E-state index contributed by atoms with van der Waals surface area (Å²) in [6, 6.07) is 6.47. The largest absolute Gasteiger partial charge is 0.348 e. The van der Waals surface area contributed by atoms with Crippen LogP contribution in [-0.2, 0) is 0 Å². The Balaban J connectivity index is 0.00000225. The number of halogens is 1. The fourth-order valence-corrected chi connectivity index (χ4v) is 2.77. The van der Waals surface area contributed by atoms with E-state index in [0.717, 1.165) is 19.4 Å². The zero-order valence-corrected chi connectivity index (χ0v) is 14.4. The molecule has 1 fully saturated rings. The normalized spacial score (nSPS) is 19.7. The molecule has 2 heterocycles. The van der Waals surface area contributed by atoms with Gasteiger partial charge >= 0.3 is 0 Å². The summed E-state index contributed by atoms with van der Waals surface area (Å²) in [5.74, 6) is -0.286. The number of benzene rings is 1. The van der Waals surface area contributed by atoms with Crippen LogP contribution in [0.5, 0.6) is 0 Å². The third-order valence-electron chi connectivity index (χ3n) is 3.99. The molecular formula is C15H19ClN6O3. The molecule has 1 aromatic carbocycles. The Hall–Kier alpha value is -2.52. The van der Waals surface area contributed by atoms with Crippen molar-refractivity contribution in [3.8, 4) is 5.69 Å². The van der Waals surface area contributed by atoms with Crippen LogP contribution in [0.2, 0.25) is 0 Å². The molecule has 2 unspecified atom stereocenters. The topological polar surface area (TPSA) is 115 Å². The second-order valence-corrected chi connectivity index (χ2v) is 5.88. The minimum absolute atomic E-state index is 0. The Kier molecular flexibility index (Phi) is 6.05. The van der Waals surface area contributed by atoms with Gasteiger partial charge in [0.25, 0.3) is 11.6 Å². The third kappa shape index (κ3) is 4.52. The van der Waals surface area contributed by atoms with Crippen molar-refractivity contribution >= 4 is 24.0 Å². The molecule has 134 valence electrons. The smallest absolute Gasteiger partial charge is 0.273 e. The Morgan fingerprint density at radius 1 is 1.48 bits per heavy atom. The van der Waals surface area contributed by atoms with E-state index < -0.39 is 4.92 Å². The summed E-state index contributed by atoms with van der Waals surface area (Å²) in [6.45, 7) is 2.95. The maximum absolute atomic E-state index is 12.3. The molecular weight excluding hydrogens is 348 g/mol. The van der Waals surface area contributed by atoms with Gasteiger partial charge in [-0.1, -0.05) is 11.3 Å². The number of hydrogen-bond donors (Lipinski definition) is 2. The van der Waals surface area contributed by atoms with Gasteiger partial charge in [0.2, 0.25) is 0 Å². The van der Waals surface area contributed by atoms with Crippen LogP contribution in [0, 0.1) is 10.1 Å². The van der Waals surface area contributed by atoms with E-state index in [1.807, 2.05) is 0 Å². The van der Waals surface area contributed by atoms with E-state index >= 15 is 0 Å².